The van der Waals surface area contributed by atoms with Crippen molar-refractivity contribution < 1.29 is 9.53 Å². The monoisotopic (exact) mass is 400 g/mol. The van der Waals surface area contributed by atoms with E-state index in [1.165, 1.54) is 11.8 Å². The van der Waals surface area contributed by atoms with E-state index in [1.807, 2.05) is 11.5 Å². The Balaban J connectivity index is 1.59. The van der Waals surface area contributed by atoms with Crippen LogP contribution in [-0.4, -0.2) is 39.1 Å². The minimum Gasteiger partial charge on any atom is -0.376 e. The number of benzene rings is 1. The number of carbonyl (C=O) groups excluding carboxylic acids is 1. The van der Waals surface area contributed by atoms with Crippen LogP contribution in [0.1, 0.15) is 18.7 Å². The Kier molecular flexibility index (Phi) is 6.22. The van der Waals surface area contributed by atoms with E-state index >= 15 is 0 Å². The van der Waals surface area contributed by atoms with E-state index < -0.39 is 0 Å². The second kappa shape index (κ2) is 8.40. The minimum atomic E-state index is -0.182. The van der Waals surface area contributed by atoms with E-state index in [4.69, 9.17) is 27.9 Å². The molecule has 1 aliphatic rings. The summed E-state index contributed by atoms with van der Waals surface area (Å²) in [6, 6.07) is 4.94. The van der Waals surface area contributed by atoms with Gasteiger partial charge in [-0.1, -0.05) is 35.0 Å². The topological polar surface area (TPSA) is 69.0 Å². The Morgan fingerprint density at radius 2 is 2.28 bits per heavy atom. The summed E-state index contributed by atoms with van der Waals surface area (Å²) >= 11 is 13.3. The first kappa shape index (κ1) is 18.5. The summed E-state index contributed by atoms with van der Waals surface area (Å²) in [5.41, 5.74) is 0.497. The summed E-state index contributed by atoms with van der Waals surface area (Å²) in [7, 11) is 0. The highest BCUT2D eigenvalue weighted by molar-refractivity contribution is 7.99. The second-order valence-corrected chi connectivity index (χ2v) is 7.52. The fourth-order valence-corrected chi connectivity index (χ4v) is 3.71. The Morgan fingerprint density at radius 1 is 1.44 bits per heavy atom. The molecule has 0 aliphatic carbocycles. The predicted molar refractivity (Wildman–Crippen MR) is 99.5 cm³/mol. The fourth-order valence-electron chi connectivity index (χ4n) is 2.58. The number of hydrogen-bond acceptors (Lipinski definition) is 5. The molecule has 1 aromatic carbocycles. The molecule has 0 radical (unpaired) electrons. The molecule has 134 valence electrons. The lowest BCUT2D eigenvalue weighted by atomic mass is 10.2. The minimum absolute atomic E-state index is 0.182. The molecule has 2 heterocycles. The molecule has 1 N–H and O–H groups in total. The van der Waals surface area contributed by atoms with E-state index in [0.717, 1.165) is 25.3 Å². The van der Waals surface area contributed by atoms with Crippen molar-refractivity contribution in [1.29, 1.82) is 0 Å². The average Bonchev–Trinajstić information content (AvgIpc) is 3.21. The third kappa shape index (κ3) is 4.88. The summed E-state index contributed by atoms with van der Waals surface area (Å²) in [5, 5.41) is 12.7. The van der Waals surface area contributed by atoms with Gasteiger partial charge in [0.15, 0.2) is 5.16 Å². The quantitative estimate of drug-likeness (QED) is 0.746. The van der Waals surface area contributed by atoms with Gasteiger partial charge < -0.3 is 14.6 Å². The van der Waals surface area contributed by atoms with Crippen molar-refractivity contribution in [3.63, 3.8) is 0 Å². The molecular formula is C16H18Cl2N4O2S. The zero-order chi connectivity index (χ0) is 17.8. The summed E-state index contributed by atoms with van der Waals surface area (Å²) in [6.45, 7) is 3.41. The molecule has 3 rings (SSSR count). The van der Waals surface area contributed by atoms with Crippen molar-refractivity contribution in [1.82, 2.24) is 14.8 Å². The van der Waals surface area contributed by atoms with Crippen LogP contribution in [0, 0.1) is 6.92 Å². The number of thioether (sulfide) groups is 1. The molecule has 6 nitrogen and oxygen atoms in total. The van der Waals surface area contributed by atoms with Crippen molar-refractivity contribution >= 4 is 46.6 Å². The maximum atomic E-state index is 12.2. The normalized spacial score (nSPS) is 17.0. The summed E-state index contributed by atoms with van der Waals surface area (Å²) in [5.74, 6) is 0.835. The van der Waals surface area contributed by atoms with Crippen molar-refractivity contribution in [2.24, 2.45) is 0 Å². The number of ether oxygens (including phenoxy) is 1. The van der Waals surface area contributed by atoms with Crippen molar-refractivity contribution in [3.8, 4) is 0 Å². The maximum absolute atomic E-state index is 12.2. The van der Waals surface area contributed by atoms with Gasteiger partial charge in [0, 0.05) is 11.6 Å². The van der Waals surface area contributed by atoms with Crippen LogP contribution in [0.2, 0.25) is 10.0 Å². The highest BCUT2D eigenvalue weighted by Crippen LogP contribution is 2.26. The van der Waals surface area contributed by atoms with Crippen LogP contribution >= 0.6 is 35.0 Å². The van der Waals surface area contributed by atoms with E-state index in [0.29, 0.717) is 27.4 Å². The first-order chi connectivity index (χ1) is 12.0. The van der Waals surface area contributed by atoms with Crippen molar-refractivity contribution in [2.45, 2.75) is 37.6 Å². The third-order valence-corrected chi connectivity index (χ3v) is 5.38. The molecule has 9 heteroatoms. The Hall–Kier alpha value is -1.28. The zero-order valence-electron chi connectivity index (χ0n) is 13.7. The number of nitrogens with zero attached hydrogens (tertiary/aromatic N) is 3. The van der Waals surface area contributed by atoms with E-state index in [9.17, 15) is 4.79 Å². The summed E-state index contributed by atoms with van der Waals surface area (Å²) < 4.78 is 7.67. The zero-order valence-corrected chi connectivity index (χ0v) is 16.0. The summed E-state index contributed by atoms with van der Waals surface area (Å²) in [6.07, 6.45) is 2.31. The highest BCUT2D eigenvalue weighted by Gasteiger charge is 2.20. The van der Waals surface area contributed by atoms with Crippen LogP contribution in [0.25, 0.3) is 0 Å². The molecule has 1 aromatic heterocycles. The van der Waals surface area contributed by atoms with Gasteiger partial charge in [-0.15, -0.1) is 10.2 Å². The predicted octanol–water partition coefficient (Wildman–Crippen LogP) is 3.80. The number of halogens is 2. The van der Waals surface area contributed by atoms with Crippen molar-refractivity contribution in [2.75, 3.05) is 17.7 Å². The Labute approximate surface area is 160 Å². The van der Waals surface area contributed by atoms with Gasteiger partial charge in [-0.25, -0.2) is 0 Å². The Bertz CT molecular complexity index is 763. The molecule has 0 saturated carbocycles. The first-order valence-electron chi connectivity index (χ1n) is 7.92. The van der Waals surface area contributed by atoms with Gasteiger partial charge in [-0.05, 0) is 38.0 Å². The highest BCUT2D eigenvalue weighted by atomic mass is 35.5. The molecule has 25 heavy (non-hydrogen) atoms. The van der Waals surface area contributed by atoms with Gasteiger partial charge in [0.1, 0.15) is 5.82 Å². The van der Waals surface area contributed by atoms with Gasteiger partial charge in [0.2, 0.25) is 5.91 Å². The van der Waals surface area contributed by atoms with Gasteiger partial charge in [-0.2, -0.15) is 0 Å². The van der Waals surface area contributed by atoms with Gasteiger partial charge in [-0.3, -0.25) is 4.79 Å². The van der Waals surface area contributed by atoms with Crippen LogP contribution in [0.4, 0.5) is 5.69 Å². The number of aryl methyl sites for hydroxylation is 1. The van der Waals surface area contributed by atoms with E-state index in [-0.39, 0.29) is 17.8 Å². The van der Waals surface area contributed by atoms with E-state index in [2.05, 4.69) is 15.5 Å². The van der Waals surface area contributed by atoms with Crippen LogP contribution in [0.3, 0.4) is 0 Å². The molecule has 1 atom stereocenters. The number of carbonyl (C=O) groups is 1. The van der Waals surface area contributed by atoms with Gasteiger partial charge in [0.25, 0.3) is 0 Å². The number of anilines is 1. The lowest BCUT2D eigenvalue weighted by Gasteiger charge is -2.13. The molecule has 1 fully saturated rings. The van der Waals surface area contributed by atoms with Crippen LogP contribution in [0.15, 0.2) is 23.4 Å². The number of rotatable bonds is 6. The second-order valence-electron chi connectivity index (χ2n) is 5.74. The molecule has 0 bridgehead atoms. The summed E-state index contributed by atoms with van der Waals surface area (Å²) in [4.78, 5) is 12.2. The lowest BCUT2D eigenvalue weighted by molar-refractivity contribution is -0.113. The lowest BCUT2D eigenvalue weighted by Crippen LogP contribution is -2.18. The number of nitrogens with one attached hydrogen (secondary N) is 1. The van der Waals surface area contributed by atoms with Gasteiger partial charge in [0.05, 0.1) is 29.1 Å². The van der Waals surface area contributed by atoms with Crippen LogP contribution < -0.4 is 5.32 Å². The molecule has 1 amide bonds. The standard InChI is InChI=1S/C16H18Cl2N4O2S/c1-10-20-21-16(22(10)8-12-3-2-6-24-12)25-9-15(23)19-14-7-11(17)4-5-13(14)18/h4-5,7,12H,2-3,6,8-9H2,1H3,(H,19,23). The smallest absolute Gasteiger partial charge is 0.234 e. The fraction of sp³-hybridized carbons (Fsp3) is 0.438. The molecule has 1 unspecified atom stereocenters. The van der Waals surface area contributed by atoms with Crippen LogP contribution in [0.5, 0.6) is 0 Å². The van der Waals surface area contributed by atoms with Crippen LogP contribution in [-0.2, 0) is 16.1 Å². The Morgan fingerprint density at radius 3 is 3.04 bits per heavy atom. The molecule has 1 aliphatic heterocycles. The maximum Gasteiger partial charge on any atom is 0.234 e. The largest absolute Gasteiger partial charge is 0.376 e. The SMILES string of the molecule is Cc1nnc(SCC(=O)Nc2cc(Cl)ccc2Cl)n1CC1CCCO1. The third-order valence-electron chi connectivity index (χ3n) is 3.85. The number of amides is 1. The van der Waals surface area contributed by atoms with Crippen molar-refractivity contribution in [3.05, 3.63) is 34.1 Å². The number of hydrogen-bond donors (Lipinski definition) is 1. The molecule has 1 saturated heterocycles. The van der Waals surface area contributed by atoms with E-state index in [1.54, 1.807) is 18.2 Å². The molecular weight excluding hydrogens is 383 g/mol. The molecule has 2 aromatic rings. The average molecular weight is 401 g/mol. The first-order valence-corrected chi connectivity index (χ1v) is 9.66. The van der Waals surface area contributed by atoms with Gasteiger partial charge >= 0.3 is 0 Å². The number of aromatic nitrogens is 3. The molecule has 0 spiro atoms.